The van der Waals surface area contributed by atoms with E-state index < -0.39 is 0 Å². The Morgan fingerprint density at radius 2 is 1.97 bits per heavy atom. The molecule has 2 aliphatic heterocycles. The molecule has 7 heteroatoms. The van der Waals surface area contributed by atoms with Gasteiger partial charge in [-0.05, 0) is 42.9 Å². The Kier molecular flexibility index (Phi) is 5.52. The second kappa shape index (κ2) is 8.39. The molecule has 150 valence electrons. The Bertz CT molecular complexity index is 918. The van der Waals surface area contributed by atoms with E-state index in [1.165, 1.54) is 6.26 Å². The topological polar surface area (TPSA) is 75.9 Å². The molecule has 0 N–H and O–H groups in total. The number of carbonyl (C=O) groups excluding carboxylic acids is 2. The molecule has 3 heterocycles. The normalized spacial score (nSPS) is 21.2. The van der Waals surface area contributed by atoms with Crippen molar-refractivity contribution in [1.82, 2.24) is 15.0 Å². The fraction of sp³-hybridized carbons (Fsp3) is 0.409. The van der Waals surface area contributed by atoms with Gasteiger partial charge in [-0.25, -0.2) is 0 Å². The van der Waals surface area contributed by atoms with Crippen molar-refractivity contribution in [2.45, 2.75) is 12.8 Å². The van der Waals surface area contributed by atoms with Crippen molar-refractivity contribution < 1.29 is 18.8 Å². The standard InChI is InChI=1S/C22H23N3O4/c1-2-16-4-3-5-19(12-16)28-15-21(26)24-9-6-17-7-10-25(14-18(17)13-24)22(27)20-8-11-29-23-20/h1,3-5,8,11-12,17-18H,6-7,9-10,13-15H2. The molecule has 4 rings (SSSR count). The Morgan fingerprint density at radius 1 is 1.17 bits per heavy atom. The van der Waals surface area contributed by atoms with Crippen molar-refractivity contribution in [3.8, 4) is 18.1 Å². The van der Waals surface area contributed by atoms with Crippen LogP contribution in [0, 0.1) is 24.2 Å². The molecular weight excluding hydrogens is 370 g/mol. The number of rotatable bonds is 4. The van der Waals surface area contributed by atoms with Gasteiger partial charge in [-0.2, -0.15) is 0 Å². The molecule has 0 spiro atoms. The lowest BCUT2D eigenvalue weighted by Gasteiger charge is -2.44. The first-order valence-corrected chi connectivity index (χ1v) is 9.81. The Balaban J connectivity index is 1.33. The highest BCUT2D eigenvalue weighted by Crippen LogP contribution is 2.32. The number of piperidine rings is 2. The molecule has 2 fully saturated rings. The van der Waals surface area contributed by atoms with E-state index in [4.69, 9.17) is 15.7 Å². The van der Waals surface area contributed by atoms with E-state index in [0.717, 1.165) is 31.5 Å². The average Bonchev–Trinajstić information content (AvgIpc) is 3.31. The molecule has 1 aromatic heterocycles. The van der Waals surface area contributed by atoms with E-state index >= 15 is 0 Å². The smallest absolute Gasteiger partial charge is 0.276 e. The van der Waals surface area contributed by atoms with Crippen molar-refractivity contribution in [1.29, 1.82) is 0 Å². The van der Waals surface area contributed by atoms with E-state index in [9.17, 15) is 9.59 Å². The number of amides is 2. The number of aromatic nitrogens is 1. The highest BCUT2D eigenvalue weighted by Gasteiger charge is 2.37. The molecule has 1 aromatic carbocycles. The van der Waals surface area contributed by atoms with Gasteiger partial charge in [-0.15, -0.1) is 6.42 Å². The van der Waals surface area contributed by atoms with Crippen LogP contribution in [0.15, 0.2) is 41.1 Å². The largest absolute Gasteiger partial charge is 0.484 e. The van der Waals surface area contributed by atoms with E-state index in [-0.39, 0.29) is 24.3 Å². The van der Waals surface area contributed by atoms with Gasteiger partial charge < -0.3 is 19.1 Å². The molecule has 0 bridgehead atoms. The van der Waals surface area contributed by atoms with Crippen molar-refractivity contribution in [2.75, 3.05) is 32.8 Å². The van der Waals surface area contributed by atoms with Crippen LogP contribution in [-0.4, -0.2) is 59.6 Å². The molecule has 0 saturated carbocycles. The van der Waals surface area contributed by atoms with Crippen LogP contribution < -0.4 is 4.74 Å². The van der Waals surface area contributed by atoms with Crippen LogP contribution in [0.3, 0.4) is 0 Å². The third-order valence-corrected chi connectivity index (χ3v) is 5.78. The number of hydrogen-bond acceptors (Lipinski definition) is 5. The third kappa shape index (κ3) is 4.27. The minimum atomic E-state index is -0.114. The van der Waals surface area contributed by atoms with Gasteiger partial charge in [-0.3, -0.25) is 9.59 Å². The van der Waals surface area contributed by atoms with Crippen molar-refractivity contribution in [3.63, 3.8) is 0 Å². The molecule has 0 aliphatic carbocycles. The molecule has 0 radical (unpaired) electrons. The summed E-state index contributed by atoms with van der Waals surface area (Å²) in [4.78, 5) is 28.9. The predicted octanol–water partition coefficient (Wildman–Crippen LogP) is 2.05. The number of benzene rings is 1. The molecule has 2 saturated heterocycles. The van der Waals surface area contributed by atoms with Crippen LogP contribution in [0.4, 0.5) is 0 Å². The van der Waals surface area contributed by atoms with E-state index in [2.05, 4.69) is 11.1 Å². The Labute approximate surface area is 169 Å². The minimum absolute atomic E-state index is 0.0208. The molecule has 2 amide bonds. The summed E-state index contributed by atoms with van der Waals surface area (Å²) in [6.45, 7) is 2.69. The lowest BCUT2D eigenvalue weighted by molar-refractivity contribution is -0.136. The predicted molar refractivity (Wildman–Crippen MR) is 105 cm³/mol. The fourth-order valence-corrected chi connectivity index (χ4v) is 4.17. The van der Waals surface area contributed by atoms with Gasteiger partial charge in [0.1, 0.15) is 12.0 Å². The average molecular weight is 393 g/mol. The highest BCUT2D eigenvalue weighted by atomic mass is 16.5. The number of carbonyl (C=O) groups is 2. The maximum absolute atomic E-state index is 12.7. The summed E-state index contributed by atoms with van der Waals surface area (Å²) >= 11 is 0. The molecular formula is C22H23N3O4. The van der Waals surface area contributed by atoms with Crippen LogP contribution in [0.2, 0.25) is 0 Å². The van der Waals surface area contributed by atoms with E-state index in [1.807, 2.05) is 21.9 Å². The molecule has 29 heavy (non-hydrogen) atoms. The van der Waals surface area contributed by atoms with Crippen molar-refractivity contribution in [2.24, 2.45) is 11.8 Å². The van der Waals surface area contributed by atoms with E-state index in [0.29, 0.717) is 30.5 Å². The number of terminal acetylenes is 1. The van der Waals surface area contributed by atoms with Gasteiger partial charge >= 0.3 is 0 Å². The molecule has 7 nitrogen and oxygen atoms in total. The summed E-state index contributed by atoms with van der Waals surface area (Å²) in [5.41, 5.74) is 1.05. The zero-order valence-electron chi connectivity index (χ0n) is 16.1. The van der Waals surface area contributed by atoms with Gasteiger partial charge in [0.2, 0.25) is 0 Å². The first-order chi connectivity index (χ1) is 14.1. The number of hydrogen-bond donors (Lipinski definition) is 0. The van der Waals surface area contributed by atoms with Gasteiger partial charge in [0.25, 0.3) is 11.8 Å². The van der Waals surface area contributed by atoms with Gasteiger partial charge in [0, 0.05) is 37.8 Å². The molecule has 2 aliphatic rings. The second-order valence-electron chi connectivity index (χ2n) is 7.53. The fourth-order valence-electron chi connectivity index (χ4n) is 4.17. The summed E-state index contributed by atoms with van der Waals surface area (Å²) in [6.07, 6.45) is 8.71. The monoisotopic (exact) mass is 393 g/mol. The van der Waals surface area contributed by atoms with Crippen molar-refractivity contribution >= 4 is 11.8 Å². The minimum Gasteiger partial charge on any atom is -0.484 e. The number of likely N-dealkylation sites (tertiary alicyclic amines) is 2. The maximum Gasteiger partial charge on any atom is 0.276 e. The lowest BCUT2D eigenvalue weighted by atomic mass is 9.80. The first kappa shape index (κ1) is 19.1. The number of ether oxygens (including phenoxy) is 1. The van der Waals surface area contributed by atoms with Crippen LogP contribution in [0.5, 0.6) is 5.75 Å². The van der Waals surface area contributed by atoms with Crippen LogP contribution in [0.1, 0.15) is 28.9 Å². The quantitative estimate of drug-likeness (QED) is 0.743. The van der Waals surface area contributed by atoms with Gasteiger partial charge in [0.05, 0.1) is 0 Å². The number of fused-ring (bicyclic) bond motifs is 1. The van der Waals surface area contributed by atoms with Gasteiger partial charge in [0.15, 0.2) is 12.3 Å². The van der Waals surface area contributed by atoms with Gasteiger partial charge in [-0.1, -0.05) is 17.1 Å². The summed E-state index contributed by atoms with van der Waals surface area (Å²) in [5, 5.41) is 3.74. The summed E-state index contributed by atoms with van der Waals surface area (Å²) in [6, 6.07) is 8.73. The van der Waals surface area contributed by atoms with Crippen molar-refractivity contribution in [3.05, 3.63) is 47.9 Å². The Hall–Kier alpha value is -3.27. The summed E-state index contributed by atoms with van der Waals surface area (Å²) < 4.78 is 10.4. The van der Waals surface area contributed by atoms with Crippen LogP contribution in [-0.2, 0) is 4.79 Å². The highest BCUT2D eigenvalue weighted by molar-refractivity contribution is 5.92. The summed E-state index contributed by atoms with van der Waals surface area (Å²) in [5.74, 6) is 3.78. The first-order valence-electron chi connectivity index (χ1n) is 9.81. The number of nitrogens with zero attached hydrogens (tertiary/aromatic N) is 3. The summed E-state index contributed by atoms with van der Waals surface area (Å²) in [7, 11) is 0. The zero-order valence-corrected chi connectivity index (χ0v) is 16.1. The zero-order chi connectivity index (χ0) is 20.2. The Morgan fingerprint density at radius 3 is 2.72 bits per heavy atom. The SMILES string of the molecule is C#Cc1cccc(OCC(=O)N2CCC3CCN(C(=O)c4ccon4)CC3C2)c1. The lowest BCUT2D eigenvalue weighted by Crippen LogP contribution is -2.53. The molecule has 2 unspecified atom stereocenters. The van der Waals surface area contributed by atoms with E-state index in [1.54, 1.807) is 18.2 Å². The second-order valence-corrected chi connectivity index (χ2v) is 7.53. The maximum atomic E-state index is 12.7. The molecule has 2 aromatic rings. The third-order valence-electron chi connectivity index (χ3n) is 5.78. The molecule has 2 atom stereocenters. The van der Waals surface area contributed by atoms with Crippen LogP contribution in [0.25, 0.3) is 0 Å². The van der Waals surface area contributed by atoms with Crippen LogP contribution >= 0.6 is 0 Å².